The molecule has 0 saturated heterocycles. The third kappa shape index (κ3) is 6.21. The predicted molar refractivity (Wildman–Crippen MR) is 128 cm³/mol. The summed E-state index contributed by atoms with van der Waals surface area (Å²) in [6.45, 7) is 4.34. The second kappa shape index (κ2) is 10.3. The zero-order chi connectivity index (χ0) is 22.4. The highest BCUT2D eigenvalue weighted by molar-refractivity contribution is 9.10. The Morgan fingerprint density at radius 3 is 2.42 bits per heavy atom. The van der Waals surface area contributed by atoms with E-state index in [1.54, 1.807) is 30.3 Å². The lowest BCUT2D eigenvalue weighted by atomic mass is 10.0. The van der Waals surface area contributed by atoms with Gasteiger partial charge in [0.1, 0.15) is 24.0 Å². The monoisotopic (exact) mass is 494 g/mol. The van der Waals surface area contributed by atoms with Gasteiger partial charge in [-0.15, -0.1) is 0 Å². The quantitative estimate of drug-likeness (QED) is 0.301. The number of nitrogens with one attached hydrogen (secondary N) is 1. The second-order valence-corrected chi connectivity index (χ2v) is 8.39. The average Bonchev–Trinajstić information content (AvgIpc) is 2.72. The van der Waals surface area contributed by atoms with Crippen molar-refractivity contribution >= 4 is 45.2 Å². The van der Waals surface area contributed by atoms with Crippen LogP contribution in [0.1, 0.15) is 22.3 Å². The summed E-state index contributed by atoms with van der Waals surface area (Å²) in [6.07, 6.45) is 1.57. The van der Waals surface area contributed by atoms with Crippen molar-refractivity contribution in [3.05, 3.63) is 98.0 Å². The van der Waals surface area contributed by atoms with E-state index in [1.807, 2.05) is 56.3 Å². The summed E-state index contributed by atoms with van der Waals surface area (Å²) in [5, 5.41) is 12.7. The van der Waals surface area contributed by atoms with Gasteiger partial charge in [-0.3, -0.25) is 4.79 Å². The van der Waals surface area contributed by atoms with Crippen LogP contribution in [0, 0.1) is 25.2 Å². The standard InChI is InChI=1S/C25H20BrClN2O2/c1-16-10-19(11-17(2)24(16)31-15-18-6-8-21(26)9-7-18)12-20(14-28)25(30)29-23-5-3-4-22(27)13-23/h3-13H,15H2,1-2H3,(H,29,30)/b20-12+. The first kappa shape index (κ1) is 22.6. The molecule has 0 aliphatic heterocycles. The number of hydrogen-bond acceptors (Lipinski definition) is 3. The minimum absolute atomic E-state index is 0.00214. The normalized spacial score (nSPS) is 11.0. The van der Waals surface area contributed by atoms with E-state index in [0.717, 1.165) is 32.5 Å². The van der Waals surface area contributed by atoms with Gasteiger partial charge in [-0.25, -0.2) is 0 Å². The molecule has 0 aliphatic carbocycles. The summed E-state index contributed by atoms with van der Waals surface area (Å²) in [6, 6.07) is 20.5. The molecule has 4 nitrogen and oxygen atoms in total. The van der Waals surface area contributed by atoms with E-state index in [9.17, 15) is 10.1 Å². The van der Waals surface area contributed by atoms with Crippen molar-refractivity contribution in [1.29, 1.82) is 5.26 Å². The number of benzene rings is 3. The number of nitrogens with zero attached hydrogens (tertiary/aromatic N) is 1. The van der Waals surface area contributed by atoms with Gasteiger partial charge in [0.15, 0.2) is 0 Å². The summed E-state index contributed by atoms with van der Waals surface area (Å²) in [5.74, 6) is 0.303. The van der Waals surface area contributed by atoms with E-state index < -0.39 is 5.91 Å². The van der Waals surface area contributed by atoms with Crippen LogP contribution in [0.15, 0.2) is 70.7 Å². The second-order valence-electron chi connectivity index (χ2n) is 7.03. The van der Waals surface area contributed by atoms with Crippen molar-refractivity contribution in [2.45, 2.75) is 20.5 Å². The molecule has 6 heteroatoms. The van der Waals surface area contributed by atoms with Crippen LogP contribution >= 0.6 is 27.5 Å². The molecule has 0 bridgehead atoms. The van der Waals surface area contributed by atoms with E-state index >= 15 is 0 Å². The highest BCUT2D eigenvalue weighted by Crippen LogP contribution is 2.27. The number of carbonyl (C=O) groups excluding carboxylic acids is 1. The first-order chi connectivity index (χ1) is 14.9. The molecule has 31 heavy (non-hydrogen) atoms. The molecule has 3 aromatic carbocycles. The Labute approximate surface area is 195 Å². The van der Waals surface area contributed by atoms with Gasteiger partial charge < -0.3 is 10.1 Å². The molecule has 0 spiro atoms. The molecule has 156 valence electrons. The van der Waals surface area contributed by atoms with Crippen molar-refractivity contribution < 1.29 is 9.53 Å². The summed E-state index contributed by atoms with van der Waals surface area (Å²) >= 11 is 9.37. The summed E-state index contributed by atoms with van der Waals surface area (Å²) in [4.78, 5) is 12.5. The van der Waals surface area contributed by atoms with E-state index in [-0.39, 0.29) is 5.57 Å². The Hall–Kier alpha value is -3.07. The molecule has 0 aliphatic rings. The number of nitriles is 1. The number of anilines is 1. The van der Waals surface area contributed by atoms with Crippen LogP contribution in [0.2, 0.25) is 5.02 Å². The third-order valence-corrected chi connectivity index (χ3v) is 5.30. The molecule has 0 aromatic heterocycles. The van der Waals surface area contributed by atoms with Crippen LogP contribution in [0.3, 0.4) is 0 Å². The largest absolute Gasteiger partial charge is 0.488 e. The van der Waals surface area contributed by atoms with E-state index in [1.165, 1.54) is 0 Å². The van der Waals surface area contributed by atoms with Crippen LogP contribution in [-0.4, -0.2) is 5.91 Å². The van der Waals surface area contributed by atoms with Crippen molar-refractivity contribution in [2.24, 2.45) is 0 Å². The number of aryl methyl sites for hydroxylation is 2. The van der Waals surface area contributed by atoms with Gasteiger partial charge in [-0.1, -0.05) is 45.7 Å². The summed E-state index contributed by atoms with van der Waals surface area (Å²) in [7, 11) is 0. The molecule has 1 N–H and O–H groups in total. The minimum Gasteiger partial charge on any atom is -0.488 e. The Balaban J connectivity index is 1.76. The van der Waals surface area contributed by atoms with Gasteiger partial charge >= 0.3 is 0 Å². The Kier molecular flexibility index (Phi) is 7.51. The molecule has 0 radical (unpaired) electrons. The number of rotatable bonds is 6. The maximum atomic E-state index is 12.5. The van der Waals surface area contributed by atoms with Gasteiger partial charge in [0.2, 0.25) is 0 Å². The Morgan fingerprint density at radius 2 is 1.81 bits per heavy atom. The number of ether oxygens (including phenoxy) is 1. The molecular formula is C25H20BrClN2O2. The molecule has 0 heterocycles. The van der Waals surface area contributed by atoms with Gasteiger partial charge in [0, 0.05) is 15.2 Å². The first-order valence-corrected chi connectivity index (χ1v) is 10.7. The average molecular weight is 496 g/mol. The fourth-order valence-electron chi connectivity index (χ4n) is 3.11. The highest BCUT2D eigenvalue weighted by Gasteiger charge is 2.12. The minimum atomic E-state index is -0.490. The fraction of sp³-hybridized carbons (Fsp3) is 0.120. The van der Waals surface area contributed by atoms with Crippen molar-refractivity contribution in [3.8, 4) is 11.8 Å². The summed E-state index contributed by atoms with van der Waals surface area (Å²) < 4.78 is 7.05. The van der Waals surface area contributed by atoms with E-state index in [4.69, 9.17) is 16.3 Å². The lowest BCUT2D eigenvalue weighted by molar-refractivity contribution is -0.112. The highest BCUT2D eigenvalue weighted by atomic mass is 79.9. The summed E-state index contributed by atoms with van der Waals surface area (Å²) in [5.41, 5.74) is 4.20. The maximum Gasteiger partial charge on any atom is 0.266 e. The van der Waals surface area contributed by atoms with Crippen LogP contribution < -0.4 is 10.1 Å². The van der Waals surface area contributed by atoms with Crippen molar-refractivity contribution in [1.82, 2.24) is 0 Å². The molecule has 0 fully saturated rings. The first-order valence-electron chi connectivity index (χ1n) is 9.53. The Bertz CT molecular complexity index is 1160. The van der Waals surface area contributed by atoms with Crippen LogP contribution in [-0.2, 0) is 11.4 Å². The Morgan fingerprint density at radius 1 is 1.13 bits per heavy atom. The lowest BCUT2D eigenvalue weighted by Crippen LogP contribution is -2.13. The van der Waals surface area contributed by atoms with Gasteiger partial charge in [0.05, 0.1) is 0 Å². The van der Waals surface area contributed by atoms with E-state index in [2.05, 4.69) is 21.2 Å². The van der Waals surface area contributed by atoms with Crippen LogP contribution in [0.25, 0.3) is 6.08 Å². The lowest BCUT2D eigenvalue weighted by Gasteiger charge is -2.13. The molecule has 3 rings (SSSR count). The number of carbonyl (C=O) groups is 1. The molecule has 3 aromatic rings. The van der Waals surface area contributed by atoms with Gasteiger partial charge in [-0.2, -0.15) is 5.26 Å². The maximum absolute atomic E-state index is 12.5. The predicted octanol–water partition coefficient (Wildman–Crippen LogP) is 6.84. The third-order valence-electron chi connectivity index (χ3n) is 4.54. The van der Waals surface area contributed by atoms with Crippen LogP contribution in [0.4, 0.5) is 5.69 Å². The van der Waals surface area contributed by atoms with Gasteiger partial charge in [-0.05, 0) is 84.6 Å². The molecule has 0 unspecified atom stereocenters. The van der Waals surface area contributed by atoms with E-state index in [0.29, 0.717) is 17.3 Å². The smallest absolute Gasteiger partial charge is 0.266 e. The zero-order valence-corrected chi connectivity index (χ0v) is 19.4. The number of halogens is 2. The number of amides is 1. The molecular weight excluding hydrogens is 476 g/mol. The topological polar surface area (TPSA) is 62.1 Å². The van der Waals surface area contributed by atoms with Crippen LogP contribution in [0.5, 0.6) is 5.75 Å². The molecule has 0 atom stereocenters. The molecule has 1 amide bonds. The zero-order valence-electron chi connectivity index (χ0n) is 17.1. The van der Waals surface area contributed by atoms with Crippen molar-refractivity contribution in [2.75, 3.05) is 5.32 Å². The SMILES string of the molecule is Cc1cc(/C=C(\C#N)C(=O)Nc2cccc(Cl)c2)cc(C)c1OCc1ccc(Br)cc1. The fourth-order valence-corrected chi connectivity index (χ4v) is 3.57. The van der Waals surface area contributed by atoms with Gasteiger partial charge in [0.25, 0.3) is 5.91 Å². The molecule has 0 saturated carbocycles. The number of hydrogen-bond donors (Lipinski definition) is 1. The van der Waals surface area contributed by atoms with Crippen molar-refractivity contribution in [3.63, 3.8) is 0 Å².